The Morgan fingerprint density at radius 2 is 2.44 bits per heavy atom. The van der Waals surface area contributed by atoms with E-state index in [1.54, 1.807) is 12.3 Å². The molecular weight excluding hydrogens is 206 g/mol. The number of rotatable bonds is 3. The van der Waals surface area contributed by atoms with Crippen molar-refractivity contribution in [1.29, 1.82) is 5.26 Å². The number of nitriles is 1. The first-order valence-electron chi connectivity index (χ1n) is 5.19. The average molecular weight is 219 g/mol. The highest BCUT2D eigenvalue weighted by Crippen LogP contribution is 2.37. The molecular formula is C11H13N3O2. The minimum atomic E-state index is -0.740. The van der Waals surface area contributed by atoms with Crippen molar-refractivity contribution in [3.8, 4) is 6.07 Å². The van der Waals surface area contributed by atoms with Crippen LogP contribution in [0.15, 0.2) is 12.3 Å². The van der Waals surface area contributed by atoms with Gasteiger partial charge in [0.05, 0.1) is 5.69 Å². The molecule has 1 heterocycles. The molecule has 1 aromatic heterocycles. The molecule has 1 unspecified atom stereocenters. The highest BCUT2D eigenvalue weighted by atomic mass is 16.5. The fraction of sp³-hybridized carbons (Fsp3) is 0.455. The standard InChI is InChI=1S/C11H13N3O2/c1-7(5-12)16-11(15)10-4-8(13)6-14(10)9-2-3-9/h4,6-7,9H,2-3,13H2,1H3. The number of carbonyl (C=O) groups is 1. The van der Waals surface area contributed by atoms with Gasteiger partial charge in [-0.1, -0.05) is 0 Å². The number of hydrogen-bond donors (Lipinski definition) is 1. The van der Waals surface area contributed by atoms with Crippen LogP contribution in [-0.4, -0.2) is 16.6 Å². The highest BCUT2D eigenvalue weighted by Gasteiger charge is 2.28. The number of carbonyl (C=O) groups excluding carboxylic acids is 1. The Kier molecular flexibility index (Phi) is 2.57. The van der Waals surface area contributed by atoms with Crippen LogP contribution >= 0.6 is 0 Å². The zero-order chi connectivity index (χ0) is 11.7. The van der Waals surface area contributed by atoms with E-state index in [4.69, 9.17) is 15.7 Å². The molecule has 0 aliphatic heterocycles. The van der Waals surface area contributed by atoms with Crippen molar-refractivity contribution >= 4 is 11.7 Å². The molecule has 16 heavy (non-hydrogen) atoms. The van der Waals surface area contributed by atoms with E-state index >= 15 is 0 Å². The predicted octanol–water partition coefficient (Wildman–Crippen LogP) is 1.47. The van der Waals surface area contributed by atoms with Crippen LogP contribution < -0.4 is 5.73 Å². The zero-order valence-electron chi connectivity index (χ0n) is 9.01. The SMILES string of the molecule is CC(C#N)OC(=O)c1cc(N)cn1C1CC1. The summed E-state index contributed by atoms with van der Waals surface area (Å²) >= 11 is 0. The van der Waals surface area contributed by atoms with E-state index in [1.165, 1.54) is 6.92 Å². The van der Waals surface area contributed by atoms with Gasteiger partial charge in [0.2, 0.25) is 0 Å². The van der Waals surface area contributed by atoms with Crippen LogP contribution in [0.1, 0.15) is 36.3 Å². The Hall–Kier alpha value is -1.96. The molecule has 1 aromatic rings. The molecule has 1 aliphatic carbocycles. The van der Waals surface area contributed by atoms with E-state index in [1.807, 2.05) is 10.6 Å². The first kappa shape index (κ1) is 10.6. The van der Waals surface area contributed by atoms with Gasteiger partial charge in [0, 0.05) is 12.2 Å². The van der Waals surface area contributed by atoms with Gasteiger partial charge in [0.1, 0.15) is 11.8 Å². The number of nitrogen functional groups attached to an aromatic ring is 1. The first-order chi connectivity index (χ1) is 7.61. The van der Waals surface area contributed by atoms with Crippen LogP contribution in [0.5, 0.6) is 0 Å². The molecule has 0 saturated heterocycles. The van der Waals surface area contributed by atoms with Crippen LogP contribution in [0.3, 0.4) is 0 Å². The van der Waals surface area contributed by atoms with E-state index in [0.29, 0.717) is 17.4 Å². The second-order valence-corrected chi connectivity index (χ2v) is 3.97. The summed E-state index contributed by atoms with van der Waals surface area (Å²) in [6.45, 7) is 1.53. The van der Waals surface area contributed by atoms with E-state index in [-0.39, 0.29) is 0 Å². The molecule has 0 aromatic carbocycles. The maximum atomic E-state index is 11.7. The lowest BCUT2D eigenvalue weighted by molar-refractivity contribution is 0.0422. The van der Waals surface area contributed by atoms with E-state index < -0.39 is 12.1 Å². The number of nitrogens with zero attached hydrogens (tertiary/aromatic N) is 2. The molecule has 0 amide bonds. The number of ether oxygens (including phenoxy) is 1. The van der Waals surface area contributed by atoms with Gasteiger partial charge in [-0.15, -0.1) is 0 Å². The summed E-state index contributed by atoms with van der Waals surface area (Å²) < 4.78 is 6.78. The van der Waals surface area contributed by atoms with E-state index in [0.717, 1.165) is 12.8 Å². The topological polar surface area (TPSA) is 81.0 Å². The Bertz CT molecular complexity index is 454. The maximum Gasteiger partial charge on any atom is 0.356 e. The lowest BCUT2D eigenvalue weighted by Crippen LogP contribution is -2.16. The summed E-state index contributed by atoms with van der Waals surface area (Å²) in [5, 5.41) is 8.57. The summed E-state index contributed by atoms with van der Waals surface area (Å²) in [7, 11) is 0. The molecule has 5 heteroatoms. The smallest absolute Gasteiger partial charge is 0.356 e. The molecule has 5 nitrogen and oxygen atoms in total. The van der Waals surface area contributed by atoms with Gasteiger partial charge in [0.15, 0.2) is 6.10 Å². The number of aromatic nitrogens is 1. The largest absolute Gasteiger partial charge is 0.443 e. The second kappa shape index (κ2) is 3.89. The fourth-order valence-corrected chi connectivity index (χ4v) is 1.57. The van der Waals surface area contributed by atoms with Gasteiger partial charge in [-0.25, -0.2) is 4.79 Å². The van der Waals surface area contributed by atoms with Crippen molar-refractivity contribution in [2.75, 3.05) is 5.73 Å². The number of anilines is 1. The Morgan fingerprint density at radius 3 is 3.00 bits per heavy atom. The lowest BCUT2D eigenvalue weighted by Gasteiger charge is -2.08. The quantitative estimate of drug-likeness (QED) is 0.780. The van der Waals surface area contributed by atoms with Crippen molar-refractivity contribution in [3.05, 3.63) is 18.0 Å². The molecule has 2 rings (SSSR count). The summed E-state index contributed by atoms with van der Waals surface area (Å²) in [4.78, 5) is 11.7. The molecule has 2 N–H and O–H groups in total. The Balaban J connectivity index is 2.19. The number of nitrogens with two attached hydrogens (primary N) is 1. The second-order valence-electron chi connectivity index (χ2n) is 3.97. The van der Waals surface area contributed by atoms with Gasteiger partial charge in [-0.05, 0) is 25.8 Å². The third kappa shape index (κ3) is 2.01. The zero-order valence-corrected chi connectivity index (χ0v) is 9.01. The third-order valence-electron chi connectivity index (χ3n) is 2.48. The minimum absolute atomic E-state index is 0.359. The Labute approximate surface area is 93.4 Å². The van der Waals surface area contributed by atoms with Crippen LogP contribution in [0.4, 0.5) is 5.69 Å². The molecule has 0 radical (unpaired) electrons. The first-order valence-corrected chi connectivity index (χ1v) is 5.19. The van der Waals surface area contributed by atoms with Crippen molar-refractivity contribution < 1.29 is 9.53 Å². The summed E-state index contributed by atoms with van der Waals surface area (Å²) in [5.74, 6) is -0.488. The normalized spacial score (nSPS) is 16.5. The molecule has 1 fully saturated rings. The van der Waals surface area contributed by atoms with Gasteiger partial charge >= 0.3 is 5.97 Å². The molecule has 1 atom stereocenters. The minimum Gasteiger partial charge on any atom is -0.443 e. The molecule has 84 valence electrons. The average Bonchev–Trinajstić information content (AvgIpc) is 3.01. The van der Waals surface area contributed by atoms with Gasteiger partial charge in [0.25, 0.3) is 0 Å². The predicted molar refractivity (Wildman–Crippen MR) is 57.6 cm³/mol. The third-order valence-corrected chi connectivity index (χ3v) is 2.48. The van der Waals surface area contributed by atoms with Crippen molar-refractivity contribution in [3.63, 3.8) is 0 Å². The van der Waals surface area contributed by atoms with E-state index in [9.17, 15) is 4.79 Å². The maximum absolute atomic E-state index is 11.7. The Morgan fingerprint density at radius 1 is 1.75 bits per heavy atom. The van der Waals surface area contributed by atoms with Crippen molar-refractivity contribution in [1.82, 2.24) is 4.57 Å². The number of esters is 1. The number of hydrogen-bond acceptors (Lipinski definition) is 4. The lowest BCUT2D eigenvalue weighted by atomic mass is 10.4. The molecule has 1 aliphatic rings. The van der Waals surface area contributed by atoms with E-state index in [2.05, 4.69) is 0 Å². The summed E-state index contributed by atoms with van der Waals surface area (Å²) in [6.07, 6.45) is 3.12. The molecule has 0 spiro atoms. The molecule has 0 bridgehead atoms. The van der Waals surface area contributed by atoms with Gasteiger partial charge < -0.3 is 15.0 Å². The van der Waals surface area contributed by atoms with Gasteiger partial charge in [-0.2, -0.15) is 5.26 Å². The highest BCUT2D eigenvalue weighted by molar-refractivity contribution is 5.89. The van der Waals surface area contributed by atoms with Crippen molar-refractivity contribution in [2.24, 2.45) is 0 Å². The van der Waals surface area contributed by atoms with Crippen LogP contribution in [0, 0.1) is 11.3 Å². The summed E-state index contributed by atoms with van der Waals surface area (Å²) in [6, 6.07) is 3.80. The fourth-order valence-electron chi connectivity index (χ4n) is 1.57. The van der Waals surface area contributed by atoms with Crippen LogP contribution in [0.2, 0.25) is 0 Å². The monoisotopic (exact) mass is 219 g/mol. The molecule has 1 saturated carbocycles. The van der Waals surface area contributed by atoms with Crippen LogP contribution in [-0.2, 0) is 4.74 Å². The summed E-state index contributed by atoms with van der Waals surface area (Å²) in [5.41, 5.74) is 6.63. The van der Waals surface area contributed by atoms with Gasteiger partial charge in [-0.3, -0.25) is 0 Å². The van der Waals surface area contributed by atoms with Crippen molar-refractivity contribution in [2.45, 2.75) is 31.9 Å². The van der Waals surface area contributed by atoms with Crippen LogP contribution in [0.25, 0.3) is 0 Å².